The van der Waals surface area contributed by atoms with Crippen LogP contribution in [0.2, 0.25) is 0 Å². The third-order valence-corrected chi connectivity index (χ3v) is 7.15. The molecule has 0 aliphatic heterocycles. The summed E-state index contributed by atoms with van der Waals surface area (Å²) >= 11 is 1.46. The van der Waals surface area contributed by atoms with Crippen LogP contribution in [0.1, 0.15) is 44.2 Å². The highest BCUT2D eigenvalue weighted by Crippen LogP contribution is 2.38. The van der Waals surface area contributed by atoms with Crippen LogP contribution in [-0.2, 0) is 11.2 Å². The van der Waals surface area contributed by atoms with Gasteiger partial charge in [0, 0.05) is 30.5 Å². The van der Waals surface area contributed by atoms with Crippen molar-refractivity contribution in [2.24, 2.45) is 5.92 Å². The van der Waals surface area contributed by atoms with E-state index in [0.29, 0.717) is 24.3 Å². The number of hydrogen-bond acceptors (Lipinski definition) is 6. The molecule has 1 N–H and O–H groups in total. The van der Waals surface area contributed by atoms with Crippen molar-refractivity contribution in [3.8, 4) is 17.1 Å². The minimum Gasteiger partial charge on any atom is -0.497 e. The fraction of sp³-hybridized carbons (Fsp3) is 0.440. The maximum Gasteiger partial charge on any atom is 0.230 e. The van der Waals surface area contributed by atoms with Gasteiger partial charge in [-0.25, -0.2) is 0 Å². The lowest BCUT2D eigenvalue weighted by atomic mass is 9.85. The molecule has 1 aliphatic rings. The van der Waals surface area contributed by atoms with Gasteiger partial charge in [-0.15, -0.1) is 10.2 Å². The topological polar surface area (TPSA) is 81.9 Å². The van der Waals surface area contributed by atoms with Crippen molar-refractivity contribution in [1.29, 1.82) is 0 Å². The Hall–Kier alpha value is -2.87. The summed E-state index contributed by atoms with van der Waals surface area (Å²) in [7, 11) is 1.66. The maximum atomic E-state index is 12.5. The van der Waals surface area contributed by atoms with E-state index in [4.69, 9.17) is 4.74 Å². The van der Waals surface area contributed by atoms with Crippen LogP contribution in [0.3, 0.4) is 0 Å². The van der Waals surface area contributed by atoms with Crippen molar-refractivity contribution in [3.63, 3.8) is 0 Å². The molecule has 0 radical (unpaired) electrons. The number of nitrogens with zero attached hydrogens (tertiary/aromatic N) is 4. The third-order valence-electron chi connectivity index (χ3n) is 6.21. The van der Waals surface area contributed by atoms with Crippen LogP contribution in [-0.4, -0.2) is 45.1 Å². The first-order valence-corrected chi connectivity index (χ1v) is 12.5. The second-order valence-corrected chi connectivity index (χ2v) is 9.43. The molecule has 33 heavy (non-hydrogen) atoms. The number of nitrogens with one attached hydrogen (secondary N) is 1. The fourth-order valence-corrected chi connectivity index (χ4v) is 5.19. The summed E-state index contributed by atoms with van der Waals surface area (Å²) in [6, 6.07) is 12.2. The molecule has 1 aliphatic carbocycles. The van der Waals surface area contributed by atoms with Gasteiger partial charge >= 0.3 is 0 Å². The molecular formula is C25H31N5O2S. The minimum atomic E-state index is 0.00248. The van der Waals surface area contributed by atoms with Gasteiger partial charge in [-0.3, -0.25) is 14.3 Å². The van der Waals surface area contributed by atoms with Crippen molar-refractivity contribution in [1.82, 2.24) is 25.1 Å². The summed E-state index contributed by atoms with van der Waals surface area (Å²) in [6.45, 7) is 2.90. The predicted octanol–water partition coefficient (Wildman–Crippen LogP) is 4.55. The highest BCUT2D eigenvalue weighted by molar-refractivity contribution is 7.99. The Morgan fingerprint density at radius 2 is 2.00 bits per heavy atom. The predicted molar refractivity (Wildman–Crippen MR) is 130 cm³/mol. The fourth-order valence-electron chi connectivity index (χ4n) is 4.37. The Kier molecular flexibility index (Phi) is 7.99. The van der Waals surface area contributed by atoms with Crippen LogP contribution in [0.4, 0.5) is 0 Å². The van der Waals surface area contributed by atoms with Gasteiger partial charge in [0.25, 0.3) is 0 Å². The lowest BCUT2D eigenvalue weighted by Gasteiger charge is -2.31. The summed E-state index contributed by atoms with van der Waals surface area (Å²) < 4.78 is 7.43. The molecule has 8 heteroatoms. The van der Waals surface area contributed by atoms with Gasteiger partial charge in [0.2, 0.25) is 5.91 Å². The number of amides is 1. The molecule has 2 atom stereocenters. The second kappa shape index (κ2) is 11.3. The quantitative estimate of drug-likeness (QED) is 0.467. The zero-order valence-electron chi connectivity index (χ0n) is 19.2. The van der Waals surface area contributed by atoms with Crippen LogP contribution in [0, 0.1) is 5.92 Å². The molecule has 1 aromatic carbocycles. The van der Waals surface area contributed by atoms with Crippen LogP contribution in [0.15, 0.2) is 53.9 Å². The summed E-state index contributed by atoms with van der Waals surface area (Å²) in [5, 5.41) is 12.8. The lowest BCUT2D eigenvalue weighted by molar-refractivity contribution is -0.118. The molecule has 4 rings (SSSR count). The molecule has 174 valence electrons. The summed E-state index contributed by atoms with van der Waals surface area (Å²) in [4.78, 5) is 16.8. The van der Waals surface area contributed by atoms with E-state index in [1.54, 1.807) is 13.3 Å². The average molecular weight is 466 g/mol. The Morgan fingerprint density at radius 1 is 1.18 bits per heavy atom. The normalized spacial score (nSPS) is 18.1. The van der Waals surface area contributed by atoms with Crippen molar-refractivity contribution < 1.29 is 9.53 Å². The molecule has 1 fully saturated rings. The Labute approximate surface area is 199 Å². The van der Waals surface area contributed by atoms with Gasteiger partial charge in [-0.05, 0) is 55.0 Å². The first-order chi connectivity index (χ1) is 16.2. The number of thioether (sulfide) groups is 1. The molecular weight excluding hydrogens is 434 g/mol. The van der Waals surface area contributed by atoms with Crippen molar-refractivity contribution in [2.45, 2.75) is 50.2 Å². The van der Waals surface area contributed by atoms with E-state index < -0.39 is 0 Å². The van der Waals surface area contributed by atoms with Crippen molar-refractivity contribution in [2.75, 3.05) is 19.4 Å². The molecule has 1 saturated carbocycles. The molecule has 2 unspecified atom stereocenters. The largest absolute Gasteiger partial charge is 0.497 e. The average Bonchev–Trinajstić information content (AvgIpc) is 3.28. The number of aromatic nitrogens is 4. The van der Waals surface area contributed by atoms with E-state index in [1.165, 1.54) is 31.0 Å². The standard InChI is InChI=1S/C25H31N5O2S/c1-18-6-3-4-8-22(18)30-24(20-7-5-14-26-16-20)28-29-25(30)33-17-23(31)27-15-13-19-9-11-21(32-2)12-10-19/h5,7,9-12,14,16,18,22H,3-4,6,8,13,15,17H2,1-2H3,(H,27,31). The number of carbonyl (C=O) groups excluding carboxylic acids is 1. The van der Waals surface area contributed by atoms with Gasteiger partial charge in [0.05, 0.1) is 12.9 Å². The Balaban J connectivity index is 1.39. The maximum absolute atomic E-state index is 12.5. The Bertz CT molecular complexity index is 1040. The van der Waals surface area contributed by atoms with Crippen molar-refractivity contribution in [3.05, 3.63) is 54.4 Å². The van der Waals surface area contributed by atoms with Crippen molar-refractivity contribution >= 4 is 17.7 Å². The third kappa shape index (κ3) is 5.93. The number of pyridine rings is 1. The minimum absolute atomic E-state index is 0.00248. The number of ether oxygens (including phenoxy) is 1. The first-order valence-electron chi connectivity index (χ1n) is 11.5. The van der Waals surface area contributed by atoms with E-state index in [2.05, 4.69) is 32.0 Å². The summed E-state index contributed by atoms with van der Waals surface area (Å²) in [5.74, 6) is 2.53. The van der Waals surface area contributed by atoms with E-state index in [9.17, 15) is 4.79 Å². The lowest BCUT2D eigenvalue weighted by Crippen LogP contribution is -2.28. The number of carbonyl (C=O) groups is 1. The van der Waals surface area contributed by atoms with Gasteiger partial charge in [-0.2, -0.15) is 0 Å². The first kappa shape index (κ1) is 23.3. The molecule has 0 spiro atoms. The molecule has 2 aromatic heterocycles. The number of rotatable bonds is 9. The summed E-state index contributed by atoms with van der Waals surface area (Å²) in [6.07, 6.45) is 9.14. The number of methoxy groups -OCH3 is 1. The van der Waals surface area contributed by atoms with Crippen LogP contribution >= 0.6 is 11.8 Å². The van der Waals surface area contributed by atoms with Crippen LogP contribution < -0.4 is 10.1 Å². The van der Waals surface area contributed by atoms with Crippen LogP contribution in [0.25, 0.3) is 11.4 Å². The monoisotopic (exact) mass is 465 g/mol. The zero-order chi connectivity index (χ0) is 23.0. The molecule has 7 nitrogen and oxygen atoms in total. The molecule has 1 amide bonds. The smallest absolute Gasteiger partial charge is 0.230 e. The van der Waals surface area contributed by atoms with Gasteiger partial charge in [0.1, 0.15) is 5.75 Å². The van der Waals surface area contributed by atoms with E-state index >= 15 is 0 Å². The second-order valence-electron chi connectivity index (χ2n) is 8.48. The molecule has 3 aromatic rings. The number of hydrogen-bond donors (Lipinski definition) is 1. The highest BCUT2D eigenvalue weighted by Gasteiger charge is 2.29. The molecule has 0 saturated heterocycles. The Morgan fingerprint density at radius 3 is 2.73 bits per heavy atom. The zero-order valence-corrected chi connectivity index (χ0v) is 20.1. The van der Waals surface area contributed by atoms with E-state index in [-0.39, 0.29) is 5.91 Å². The van der Waals surface area contributed by atoms with Gasteiger partial charge in [0.15, 0.2) is 11.0 Å². The highest BCUT2D eigenvalue weighted by atomic mass is 32.2. The van der Waals surface area contributed by atoms with E-state index in [0.717, 1.165) is 40.7 Å². The SMILES string of the molecule is COc1ccc(CCNC(=O)CSc2nnc(-c3cccnc3)n2C2CCCCC2C)cc1. The van der Waals surface area contributed by atoms with Gasteiger partial charge in [-0.1, -0.05) is 43.7 Å². The van der Waals surface area contributed by atoms with E-state index in [1.807, 2.05) is 42.6 Å². The van der Waals surface area contributed by atoms with Crippen LogP contribution in [0.5, 0.6) is 5.75 Å². The molecule has 0 bridgehead atoms. The number of benzene rings is 1. The molecule has 2 heterocycles. The summed E-state index contributed by atoms with van der Waals surface area (Å²) in [5.41, 5.74) is 2.12. The van der Waals surface area contributed by atoms with Gasteiger partial charge < -0.3 is 10.1 Å².